The molecule has 0 bridgehead atoms. The zero-order valence-corrected chi connectivity index (χ0v) is 12.1. The lowest BCUT2D eigenvalue weighted by atomic mass is 10.2. The number of nitrogens with one attached hydrogen (secondary N) is 2. The van der Waals surface area contributed by atoms with Gasteiger partial charge in [0.05, 0.1) is 23.8 Å². The van der Waals surface area contributed by atoms with E-state index in [-0.39, 0.29) is 11.9 Å². The van der Waals surface area contributed by atoms with E-state index < -0.39 is 0 Å². The molecular weight excluding hydrogens is 320 g/mol. The van der Waals surface area contributed by atoms with Crippen LogP contribution in [0.25, 0.3) is 0 Å². The minimum atomic E-state index is -0.173. The highest BCUT2D eigenvalue weighted by atomic mass is 79.9. The smallest absolute Gasteiger partial charge is 0.252 e. The number of carbonyl (C=O) groups excluding carboxylic acids is 1. The average Bonchev–Trinajstić information content (AvgIpc) is 2.40. The first-order valence-electron chi connectivity index (χ1n) is 5.71. The summed E-state index contributed by atoms with van der Waals surface area (Å²) in [5.74, 6) is -0.173. The number of amides is 1. The Morgan fingerprint density at radius 2 is 2.44 bits per heavy atom. The van der Waals surface area contributed by atoms with Gasteiger partial charge >= 0.3 is 0 Å². The van der Waals surface area contributed by atoms with E-state index in [1.165, 1.54) is 0 Å². The Kier molecular flexibility index (Phi) is 5.00. The molecule has 98 valence electrons. The third-order valence-corrected chi connectivity index (χ3v) is 3.50. The van der Waals surface area contributed by atoms with Gasteiger partial charge in [0.25, 0.3) is 5.91 Å². The highest BCUT2D eigenvalue weighted by Gasteiger charge is 2.16. The van der Waals surface area contributed by atoms with Gasteiger partial charge in [0, 0.05) is 23.6 Å². The summed E-state index contributed by atoms with van der Waals surface area (Å²) in [5.41, 5.74) is 0.475. The van der Waals surface area contributed by atoms with Crippen LogP contribution in [0, 0.1) is 0 Å². The molecule has 2 rings (SSSR count). The Balaban J connectivity index is 1.92. The molecule has 1 heterocycles. The van der Waals surface area contributed by atoms with Crippen molar-refractivity contribution in [2.45, 2.75) is 6.04 Å². The molecule has 1 unspecified atom stereocenters. The van der Waals surface area contributed by atoms with Gasteiger partial charge in [0.2, 0.25) is 0 Å². The van der Waals surface area contributed by atoms with Gasteiger partial charge in [-0.3, -0.25) is 4.79 Å². The first-order valence-corrected chi connectivity index (χ1v) is 6.88. The Labute approximate surface area is 119 Å². The van der Waals surface area contributed by atoms with Crippen LogP contribution in [0.15, 0.2) is 22.7 Å². The summed E-state index contributed by atoms with van der Waals surface area (Å²) < 4.78 is 6.15. The van der Waals surface area contributed by atoms with Gasteiger partial charge in [-0.05, 0) is 18.2 Å². The van der Waals surface area contributed by atoms with Crippen molar-refractivity contribution < 1.29 is 9.53 Å². The van der Waals surface area contributed by atoms with E-state index in [1.807, 2.05) is 0 Å². The highest BCUT2D eigenvalue weighted by Crippen LogP contribution is 2.20. The van der Waals surface area contributed by atoms with Crippen LogP contribution in [0.3, 0.4) is 0 Å². The summed E-state index contributed by atoms with van der Waals surface area (Å²) >= 11 is 9.31. The zero-order valence-electron chi connectivity index (χ0n) is 9.71. The number of ether oxygens (including phenoxy) is 1. The summed E-state index contributed by atoms with van der Waals surface area (Å²) in [5, 5.41) is 6.57. The predicted octanol–water partition coefficient (Wildman–Crippen LogP) is 1.82. The molecule has 18 heavy (non-hydrogen) atoms. The second kappa shape index (κ2) is 6.52. The minimum Gasteiger partial charge on any atom is -0.378 e. The quantitative estimate of drug-likeness (QED) is 0.887. The molecule has 1 aromatic rings. The summed E-state index contributed by atoms with van der Waals surface area (Å²) in [7, 11) is 0. The van der Waals surface area contributed by atoms with Crippen molar-refractivity contribution in [3.05, 3.63) is 33.3 Å². The Morgan fingerprint density at radius 3 is 3.17 bits per heavy atom. The molecule has 2 N–H and O–H groups in total. The van der Waals surface area contributed by atoms with Gasteiger partial charge < -0.3 is 15.4 Å². The lowest BCUT2D eigenvalue weighted by Crippen LogP contribution is -2.48. The minimum absolute atomic E-state index is 0.161. The van der Waals surface area contributed by atoms with Gasteiger partial charge in [-0.1, -0.05) is 27.5 Å². The fraction of sp³-hybridized carbons (Fsp3) is 0.417. The van der Waals surface area contributed by atoms with Crippen LogP contribution in [-0.4, -0.2) is 38.3 Å². The van der Waals surface area contributed by atoms with E-state index in [4.69, 9.17) is 16.3 Å². The lowest BCUT2D eigenvalue weighted by molar-refractivity contribution is 0.0735. The molecule has 0 saturated carbocycles. The van der Waals surface area contributed by atoms with Crippen LogP contribution < -0.4 is 10.6 Å². The Hall–Kier alpha value is -0.620. The summed E-state index contributed by atoms with van der Waals surface area (Å²) in [6.07, 6.45) is 0. The van der Waals surface area contributed by atoms with Gasteiger partial charge in [0.1, 0.15) is 0 Å². The molecule has 0 spiro atoms. The molecule has 0 radical (unpaired) electrons. The van der Waals surface area contributed by atoms with Crippen molar-refractivity contribution in [2.75, 3.05) is 26.3 Å². The van der Waals surface area contributed by atoms with Crippen LogP contribution in [-0.2, 0) is 4.74 Å². The molecule has 0 aliphatic carbocycles. The molecule has 1 atom stereocenters. The fourth-order valence-electron chi connectivity index (χ4n) is 1.73. The van der Waals surface area contributed by atoms with Crippen molar-refractivity contribution in [3.8, 4) is 0 Å². The molecule has 1 aliphatic heterocycles. The standard InChI is InChI=1S/C12H14BrClN2O2/c13-8-1-2-11(14)10(5-8)12(17)16-6-9-7-18-4-3-15-9/h1-2,5,9,15H,3-4,6-7H2,(H,16,17). The molecule has 1 amide bonds. The van der Waals surface area contributed by atoms with Crippen molar-refractivity contribution in [1.82, 2.24) is 10.6 Å². The van der Waals surface area contributed by atoms with Gasteiger partial charge in [0.15, 0.2) is 0 Å². The normalized spacial score (nSPS) is 19.6. The van der Waals surface area contributed by atoms with Gasteiger partial charge in [-0.25, -0.2) is 0 Å². The van der Waals surface area contributed by atoms with E-state index in [2.05, 4.69) is 26.6 Å². The maximum absolute atomic E-state index is 12.0. The van der Waals surface area contributed by atoms with Gasteiger partial charge in [-0.2, -0.15) is 0 Å². The number of morpholine rings is 1. The number of benzene rings is 1. The topological polar surface area (TPSA) is 50.4 Å². The van der Waals surface area contributed by atoms with E-state index in [9.17, 15) is 4.79 Å². The SMILES string of the molecule is O=C(NCC1COCCN1)c1cc(Br)ccc1Cl. The number of hydrogen-bond acceptors (Lipinski definition) is 3. The predicted molar refractivity (Wildman–Crippen MR) is 74.1 cm³/mol. The van der Waals surface area contributed by atoms with Crippen LogP contribution >= 0.6 is 27.5 Å². The van der Waals surface area contributed by atoms with E-state index >= 15 is 0 Å². The maximum atomic E-state index is 12.0. The Bertz CT molecular complexity index is 436. The van der Waals surface area contributed by atoms with Crippen LogP contribution in [0.2, 0.25) is 5.02 Å². The summed E-state index contributed by atoms with van der Waals surface area (Å²) in [4.78, 5) is 12.0. The third kappa shape index (κ3) is 3.68. The molecule has 1 saturated heterocycles. The van der Waals surface area contributed by atoms with Crippen LogP contribution in [0.4, 0.5) is 0 Å². The second-order valence-corrected chi connectivity index (χ2v) is 5.38. The summed E-state index contributed by atoms with van der Waals surface area (Å²) in [6.45, 7) is 2.69. The van der Waals surface area contributed by atoms with E-state index in [1.54, 1.807) is 18.2 Å². The van der Waals surface area contributed by atoms with Crippen molar-refractivity contribution >= 4 is 33.4 Å². The second-order valence-electron chi connectivity index (χ2n) is 4.06. The molecule has 0 aromatic heterocycles. The van der Waals surface area contributed by atoms with E-state index in [0.29, 0.717) is 23.7 Å². The molecule has 6 heteroatoms. The molecule has 1 fully saturated rings. The lowest BCUT2D eigenvalue weighted by Gasteiger charge is -2.24. The van der Waals surface area contributed by atoms with E-state index in [0.717, 1.165) is 17.6 Å². The number of hydrogen-bond donors (Lipinski definition) is 2. The molecular formula is C12H14BrClN2O2. The zero-order chi connectivity index (χ0) is 13.0. The molecule has 1 aromatic carbocycles. The Morgan fingerprint density at radius 1 is 1.61 bits per heavy atom. The number of halogens is 2. The molecule has 1 aliphatic rings. The number of carbonyl (C=O) groups is 1. The van der Waals surface area contributed by atoms with Crippen molar-refractivity contribution in [1.29, 1.82) is 0 Å². The first-order chi connectivity index (χ1) is 8.66. The maximum Gasteiger partial charge on any atom is 0.252 e. The highest BCUT2D eigenvalue weighted by molar-refractivity contribution is 9.10. The van der Waals surface area contributed by atoms with Crippen molar-refractivity contribution in [2.24, 2.45) is 0 Å². The first kappa shape index (κ1) is 13.8. The largest absolute Gasteiger partial charge is 0.378 e. The van der Waals surface area contributed by atoms with Crippen molar-refractivity contribution in [3.63, 3.8) is 0 Å². The molecule has 4 nitrogen and oxygen atoms in total. The number of rotatable bonds is 3. The fourth-order valence-corrected chi connectivity index (χ4v) is 2.30. The monoisotopic (exact) mass is 332 g/mol. The van der Waals surface area contributed by atoms with Gasteiger partial charge in [-0.15, -0.1) is 0 Å². The summed E-state index contributed by atoms with van der Waals surface area (Å²) in [6, 6.07) is 5.37. The van der Waals surface area contributed by atoms with Crippen LogP contribution in [0.1, 0.15) is 10.4 Å². The third-order valence-electron chi connectivity index (χ3n) is 2.68. The average molecular weight is 334 g/mol. The van der Waals surface area contributed by atoms with Crippen LogP contribution in [0.5, 0.6) is 0 Å².